The summed E-state index contributed by atoms with van der Waals surface area (Å²) in [4.78, 5) is 2.64. The van der Waals surface area contributed by atoms with Crippen molar-refractivity contribution in [3.8, 4) is 0 Å². The van der Waals surface area contributed by atoms with Crippen molar-refractivity contribution in [2.75, 3.05) is 19.6 Å². The van der Waals surface area contributed by atoms with Crippen LogP contribution in [0.25, 0.3) is 0 Å². The van der Waals surface area contributed by atoms with Crippen LogP contribution in [0.3, 0.4) is 0 Å². The van der Waals surface area contributed by atoms with Gasteiger partial charge in [-0.15, -0.1) is 0 Å². The van der Waals surface area contributed by atoms with Gasteiger partial charge in [-0.25, -0.2) is 0 Å². The lowest BCUT2D eigenvalue weighted by Crippen LogP contribution is -2.64. The molecule has 2 N–H and O–H groups in total. The highest BCUT2D eigenvalue weighted by Crippen LogP contribution is 2.50. The molecule has 1 saturated carbocycles. The van der Waals surface area contributed by atoms with Crippen LogP contribution in [0.1, 0.15) is 54.4 Å². The Hall–Kier alpha value is -0.120. The molecule has 0 aromatic carbocycles. The molecule has 2 rings (SSSR count). The highest BCUT2D eigenvalue weighted by molar-refractivity contribution is 5.08. The summed E-state index contributed by atoms with van der Waals surface area (Å²) in [7, 11) is 0. The highest BCUT2D eigenvalue weighted by Gasteiger charge is 2.53. The van der Waals surface area contributed by atoms with E-state index in [4.69, 9.17) is 10.5 Å². The maximum Gasteiger partial charge on any atom is 0.0757 e. The monoisotopic (exact) mass is 268 g/mol. The quantitative estimate of drug-likeness (QED) is 0.837. The lowest BCUT2D eigenvalue weighted by Gasteiger charge is -2.52. The van der Waals surface area contributed by atoms with Crippen LogP contribution in [0.4, 0.5) is 0 Å². The van der Waals surface area contributed by atoms with Crippen molar-refractivity contribution in [1.82, 2.24) is 4.90 Å². The maximum absolute atomic E-state index is 6.26. The van der Waals surface area contributed by atoms with Crippen molar-refractivity contribution in [3.63, 3.8) is 0 Å². The summed E-state index contributed by atoms with van der Waals surface area (Å²) in [5, 5.41) is 0. The van der Waals surface area contributed by atoms with Gasteiger partial charge in [0.2, 0.25) is 0 Å². The zero-order chi connectivity index (χ0) is 14.5. The molecule has 0 bridgehead atoms. The lowest BCUT2D eigenvalue weighted by molar-refractivity contribution is -0.157. The van der Waals surface area contributed by atoms with E-state index in [1.54, 1.807) is 0 Å². The van der Waals surface area contributed by atoms with Gasteiger partial charge in [-0.1, -0.05) is 20.8 Å². The van der Waals surface area contributed by atoms with Crippen molar-refractivity contribution in [3.05, 3.63) is 0 Å². The first kappa shape index (κ1) is 15.3. The molecule has 0 spiro atoms. The SMILES string of the molecule is CC1CN(C2(CN)CC(C)(C)CC2C)CC(C)(C)O1. The number of rotatable bonds is 2. The van der Waals surface area contributed by atoms with Crippen LogP contribution in [-0.4, -0.2) is 41.8 Å². The van der Waals surface area contributed by atoms with E-state index in [1.807, 2.05) is 0 Å². The molecule has 1 heterocycles. The molecule has 1 saturated heterocycles. The van der Waals surface area contributed by atoms with Gasteiger partial charge in [-0.05, 0) is 44.9 Å². The molecule has 1 aliphatic carbocycles. The van der Waals surface area contributed by atoms with Crippen molar-refractivity contribution in [2.24, 2.45) is 17.1 Å². The van der Waals surface area contributed by atoms with Crippen LogP contribution in [0.2, 0.25) is 0 Å². The molecule has 2 fully saturated rings. The van der Waals surface area contributed by atoms with Gasteiger partial charge in [0.25, 0.3) is 0 Å². The van der Waals surface area contributed by atoms with Gasteiger partial charge in [0.1, 0.15) is 0 Å². The summed E-state index contributed by atoms with van der Waals surface area (Å²) < 4.78 is 6.06. The van der Waals surface area contributed by atoms with E-state index in [2.05, 4.69) is 46.4 Å². The van der Waals surface area contributed by atoms with E-state index in [0.29, 0.717) is 17.4 Å². The predicted molar refractivity (Wildman–Crippen MR) is 80.2 cm³/mol. The van der Waals surface area contributed by atoms with E-state index < -0.39 is 0 Å². The average Bonchev–Trinajstić information content (AvgIpc) is 2.46. The zero-order valence-electron chi connectivity index (χ0n) is 13.6. The van der Waals surface area contributed by atoms with Crippen LogP contribution in [0, 0.1) is 11.3 Å². The molecule has 3 nitrogen and oxygen atoms in total. The highest BCUT2D eigenvalue weighted by atomic mass is 16.5. The van der Waals surface area contributed by atoms with Crippen molar-refractivity contribution < 1.29 is 4.74 Å². The fraction of sp³-hybridized carbons (Fsp3) is 1.00. The Kier molecular flexibility index (Phi) is 3.79. The largest absolute Gasteiger partial charge is 0.370 e. The minimum atomic E-state index is -0.0632. The fourth-order valence-electron chi connectivity index (χ4n) is 4.71. The molecule has 19 heavy (non-hydrogen) atoms. The Morgan fingerprint density at radius 1 is 1.21 bits per heavy atom. The summed E-state index contributed by atoms with van der Waals surface area (Å²) in [6.45, 7) is 16.5. The van der Waals surface area contributed by atoms with Gasteiger partial charge in [-0.3, -0.25) is 4.90 Å². The second kappa shape index (κ2) is 4.71. The minimum Gasteiger partial charge on any atom is -0.370 e. The number of hydrogen-bond donors (Lipinski definition) is 1. The van der Waals surface area contributed by atoms with Gasteiger partial charge in [-0.2, -0.15) is 0 Å². The van der Waals surface area contributed by atoms with Crippen LogP contribution in [0.5, 0.6) is 0 Å². The third kappa shape index (κ3) is 2.84. The van der Waals surface area contributed by atoms with E-state index in [1.165, 1.54) is 12.8 Å². The molecule has 3 atom stereocenters. The molecule has 0 radical (unpaired) electrons. The number of morpholine rings is 1. The Morgan fingerprint density at radius 2 is 1.84 bits per heavy atom. The van der Waals surface area contributed by atoms with Crippen molar-refractivity contribution >= 4 is 0 Å². The third-order valence-electron chi connectivity index (χ3n) is 5.11. The summed E-state index contributed by atoms with van der Waals surface area (Å²) in [5.41, 5.74) is 6.77. The van der Waals surface area contributed by atoms with Crippen LogP contribution in [0.15, 0.2) is 0 Å². The van der Waals surface area contributed by atoms with Crippen molar-refractivity contribution in [2.45, 2.75) is 71.6 Å². The number of nitrogens with two attached hydrogens (primary N) is 1. The average molecular weight is 268 g/mol. The minimum absolute atomic E-state index is 0.0632. The molecular weight excluding hydrogens is 236 g/mol. The van der Waals surface area contributed by atoms with Gasteiger partial charge in [0, 0.05) is 25.2 Å². The molecule has 0 amide bonds. The first-order chi connectivity index (χ1) is 8.60. The second-order valence-corrected chi connectivity index (χ2v) is 8.32. The molecule has 1 aliphatic heterocycles. The first-order valence-corrected chi connectivity index (χ1v) is 7.73. The predicted octanol–water partition coefficient (Wildman–Crippen LogP) is 2.64. The van der Waals surface area contributed by atoms with E-state index in [0.717, 1.165) is 19.6 Å². The standard InChI is InChI=1S/C16H32N2O/c1-12-7-14(3,4)9-16(12,10-17)18-8-13(2)19-15(5,6)11-18/h12-13H,7-11,17H2,1-6H3. The molecule has 3 unspecified atom stereocenters. The van der Waals surface area contributed by atoms with E-state index in [9.17, 15) is 0 Å². The van der Waals surface area contributed by atoms with Gasteiger partial charge in [0.15, 0.2) is 0 Å². The first-order valence-electron chi connectivity index (χ1n) is 7.73. The van der Waals surface area contributed by atoms with Crippen LogP contribution >= 0.6 is 0 Å². The zero-order valence-corrected chi connectivity index (χ0v) is 13.6. The molecule has 3 heteroatoms. The topological polar surface area (TPSA) is 38.5 Å². The lowest BCUT2D eigenvalue weighted by atomic mass is 9.83. The second-order valence-electron chi connectivity index (χ2n) is 8.32. The Morgan fingerprint density at radius 3 is 2.26 bits per heavy atom. The van der Waals surface area contributed by atoms with Gasteiger partial charge in [0.05, 0.1) is 11.7 Å². The maximum atomic E-state index is 6.26. The summed E-state index contributed by atoms with van der Waals surface area (Å²) in [6.07, 6.45) is 2.78. The summed E-state index contributed by atoms with van der Waals surface area (Å²) in [6, 6.07) is 0. The van der Waals surface area contributed by atoms with Crippen LogP contribution in [-0.2, 0) is 4.74 Å². The number of ether oxygens (including phenoxy) is 1. The normalized spacial score (nSPS) is 42.5. The smallest absolute Gasteiger partial charge is 0.0757 e. The molecule has 112 valence electrons. The van der Waals surface area contributed by atoms with Gasteiger partial charge >= 0.3 is 0 Å². The van der Waals surface area contributed by atoms with Crippen molar-refractivity contribution in [1.29, 1.82) is 0 Å². The molecule has 0 aromatic heterocycles. The van der Waals surface area contributed by atoms with Gasteiger partial charge < -0.3 is 10.5 Å². The van der Waals surface area contributed by atoms with E-state index in [-0.39, 0.29) is 11.1 Å². The molecule has 0 aromatic rings. The Balaban J connectivity index is 2.27. The number of nitrogens with zero attached hydrogens (tertiary/aromatic N) is 1. The summed E-state index contributed by atoms with van der Waals surface area (Å²) >= 11 is 0. The molecule has 2 aliphatic rings. The van der Waals surface area contributed by atoms with Crippen LogP contribution < -0.4 is 5.73 Å². The fourth-order valence-corrected chi connectivity index (χ4v) is 4.71. The number of hydrogen-bond acceptors (Lipinski definition) is 3. The van der Waals surface area contributed by atoms with E-state index >= 15 is 0 Å². The Labute approximate surface area is 118 Å². The third-order valence-corrected chi connectivity index (χ3v) is 5.11. The summed E-state index contributed by atoms with van der Waals surface area (Å²) in [5.74, 6) is 0.661. The Bertz CT molecular complexity index is 340. The molecular formula is C16H32N2O.